The van der Waals surface area contributed by atoms with E-state index in [1.165, 1.54) is 11.3 Å². The third kappa shape index (κ3) is 2.70. The Morgan fingerprint density at radius 1 is 1.16 bits per heavy atom. The van der Waals surface area contributed by atoms with Gasteiger partial charge in [0.25, 0.3) is 0 Å². The molecule has 0 aliphatic rings. The highest BCUT2D eigenvalue weighted by atomic mass is 32.1. The van der Waals surface area contributed by atoms with Crippen molar-refractivity contribution in [1.82, 2.24) is 10.2 Å². The molecule has 102 valence electrons. The summed E-state index contributed by atoms with van der Waals surface area (Å²) in [5.41, 5.74) is 6.42. The topological polar surface area (TPSA) is 79.5 Å². The van der Waals surface area contributed by atoms with Crippen LogP contribution in [-0.2, 0) is 0 Å². The van der Waals surface area contributed by atoms with Crippen molar-refractivity contribution >= 4 is 16.5 Å². The van der Waals surface area contributed by atoms with Crippen molar-refractivity contribution in [3.05, 3.63) is 12.1 Å². The van der Waals surface area contributed by atoms with Crippen LogP contribution in [-0.4, -0.2) is 31.0 Å². The van der Waals surface area contributed by atoms with Gasteiger partial charge >= 0.3 is 0 Å². The van der Waals surface area contributed by atoms with Crippen LogP contribution in [0.15, 0.2) is 12.1 Å². The highest BCUT2D eigenvalue weighted by molar-refractivity contribution is 7.18. The van der Waals surface area contributed by atoms with Gasteiger partial charge in [-0.3, -0.25) is 0 Å². The number of methoxy groups -OCH3 is 2. The monoisotopic (exact) mass is 281 g/mol. The Hall–Kier alpha value is -2.02. The summed E-state index contributed by atoms with van der Waals surface area (Å²) in [4.78, 5) is 0. The van der Waals surface area contributed by atoms with Gasteiger partial charge in [-0.1, -0.05) is 11.3 Å². The van der Waals surface area contributed by atoms with E-state index < -0.39 is 0 Å². The Morgan fingerprint density at radius 3 is 2.21 bits per heavy atom. The van der Waals surface area contributed by atoms with Crippen LogP contribution in [0.3, 0.4) is 0 Å². The number of benzene rings is 1. The first kappa shape index (κ1) is 13.4. The molecule has 0 radical (unpaired) electrons. The summed E-state index contributed by atoms with van der Waals surface area (Å²) in [5.74, 6) is 1.75. The summed E-state index contributed by atoms with van der Waals surface area (Å²) in [5, 5.41) is 8.92. The fourth-order valence-corrected chi connectivity index (χ4v) is 2.24. The van der Waals surface area contributed by atoms with E-state index in [9.17, 15) is 0 Å². The average Bonchev–Trinajstić information content (AvgIpc) is 2.85. The van der Waals surface area contributed by atoms with Gasteiger partial charge in [-0.15, -0.1) is 10.2 Å². The number of ether oxygens (including phenoxy) is 3. The Balaban J connectivity index is 2.52. The largest absolute Gasteiger partial charge is 0.493 e. The predicted molar refractivity (Wildman–Crippen MR) is 74.0 cm³/mol. The Morgan fingerprint density at radius 2 is 1.79 bits per heavy atom. The summed E-state index contributed by atoms with van der Waals surface area (Å²) < 4.78 is 16.2. The van der Waals surface area contributed by atoms with Crippen molar-refractivity contribution in [2.75, 3.05) is 26.6 Å². The lowest BCUT2D eigenvalue weighted by Gasteiger charge is -2.14. The van der Waals surface area contributed by atoms with E-state index in [2.05, 4.69) is 10.2 Å². The molecule has 2 aromatic rings. The quantitative estimate of drug-likeness (QED) is 0.905. The molecule has 0 saturated carbocycles. The number of nitrogen functional groups attached to an aromatic ring is 1. The van der Waals surface area contributed by atoms with E-state index in [1.807, 2.05) is 19.1 Å². The Labute approximate surface area is 115 Å². The molecule has 7 heteroatoms. The molecular formula is C12H15N3O3S. The van der Waals surface area contributed by atoms with E-state index in [0.717, 1.165) is 5.56 Å². The third-order valence-electron chi connectivity index (χ3n) is 2.44. The second-order valence-corrected chi connectivity index (χ2v) is 4.60. The zero-order valence-electron chi connectivity index (χ0n) is 11.0. The number of nitrogens with two attached hydrogens (primary N) is 1. The van der Waals surface area contributed by atoms with Crippen LogP contribution >= 0.6 is 11.3 Å². The zero-order valence-corrected chi connectivity index (χ0v) is 11.8. The molecule has 0 bridgehead atoms. The van der Waals surface area contributed by atoms with E-state index in [-0.39, 0.29) is 0 Å². The van der Waals surface area contributed by atoms with E-state index in [4.69, 9.17) is 19.9 Å². The average molecular weight is 281 g/mol. The summed E-state index contributed by atoms with van der Waals surface area (Å²) in [6, 6.07) is 3.65. The van der Waals surface area contributed by atoms with Gasteiger partial charge in [0.05, 0.1) is 20.8 Å². The molecule has 0 aliphatic heterocycles. The minimum atomic E-state index is 0.418. The molecule has 2 rings (SSSR count). The smallest absolute Gasteiger partial charge is 0.203 e. The van der Waals surface area contributed by atoms with Crippen molar-refractivity contribution in [3.63, 3.8) is 0 Å². The van der Waals surface area contributed by atoms with Crippen LogP contribution in [0.2, 0.25) is 0 Å². The summed E-state index contributed by atoms with van der Waals surface area (Å²) in [7, 11) is 3.16. The number of hydrogen-bond donors (Lipinski definition) is 1. The highest BCUT2D eigenvalue weighted by Gasteiger charge is 2.16. The zero-order chi connectivity index (χ0) is 13.8. The van der Waals surface area contributed by atoms with E-state index >= 15 is 0 Å². The molecule has 6 nitrogen and oxygen atoms in total. The van der Waals surface area contributed by atoms with Crippen LogP contribution in [0.1, 0.15) is 6.92 Å². The fraction of sp³-hybridized carbons (Fsp3) is 0.333. The number of anilines is 1. The fourth-order valence-electron chi connectivity index (χ4n) is 1.64. The Bertz CT molecular complexity index is 546. The van der Waals surface area contributed by atoms with Crippen molar-refractivity contribution in [2.45, 2.75) is 6.92 Å². The van der Waals surface area contributed by atoms with E-state index in [0.29, 0.717) is 34.0 Å². The lowest BCUT2D eigenvalue weighted by Crippen LogP contribution is -1.99. The minimum Gasteiger partial charge on any atom is -0.493 e. The van der Waals surface area contributed by atoms with Crippen LogP contribution in [0.5, 0.6) is 17.2 Å². The lowest BCUT2D eigenvalue weighted by molar-refractivity contribution is 0.288. The first-order valence-corrected chi connectivity index (χ1v) is 6.49. The van der Waals surface area contributed by atoms with Gasteiger partial charge in [0.15, 0.2) is 11.5 Å². The Kier molecular flexibility index (Phi) is 4.06. The number of nitrogens with zero attached hydrogens (tertiary/aromatic N) is 2. The van der Waals surface area contributed by atoms with Crippen molar-refractivity contribution in [2.24, 2.45) is 0 Å². The van der Waals surface area contributed by atoms with Gasteiger partial charge in [0.2, 0.25) is 10.9 Å². The summed E-state index contributed by atoms with van der Waals surface area (Å²) in [6.45, 7) is 2.43. The van der Waals surface area contributed by atoms with Crippen molar-refractivity contribution in [3.8, 4) is 27.8 Å². The second-order valence-electron chi connectivity index (χ2n) is 3.59. The van der Waals surface area contributed by atoms with Crippen LogP contribution < -0.4 is 19.9 Å². The normalized spacial score (nSPS) is 10.3. The molecule has 0 atom stereocenters. The molecule has 0 saturated heterocycles. The van der Waals surface area contributed by atoms with Crippen LogP contribution in [0.25, 0.3) is 10.6 Å². The molecule has 0 unspecified atom stereocenters. The maximum Gasteiger partial charge on any atom is 0.203 e. The van der Waals surface area contributed by atoms with Gasteiger partial charge in [-0.25, -0.2) is 0 Å². The SMILES string of the molecule is CCOc1c(OC)cc(-c2nnc(N)s2)cc1OC. The molecule has 0 fully saturated rings. The first-order valence-electron chi connectivity index (χ1n) is 5.67. The van der Waals surface area contributed by atoms with Crippen LogP contribution in [0, 0.1) is 0 Å². The molecule has 0 amide bonds. The second kappa shape index (κ2) is 5.75. The minimum absolute atomic E-state index is 0.418. The maximum atomic E-state index is 5.59. The summed E-state index contributed by atoms with van der Waals surface area (Å²) >= 11 is 1.30. The molecule has 19 heavy (non-hydrogen) atoms. The van der Waals surface area contributed by atoms with Crippen molar-refractivity contribution < 1.29 is 14.2 Å². The van der Waals surface area contributed by atoms with E-state index in [1.54, 1.807) is 14.2 Å². The highest BCUT2D eigenvalue weighted by Crippen LogP contribution is 2.42. The van der Waals surface area contributed by atoms with Crippen molar-refractivity contribution in [1.29, 1.82) is 0 Å². The molecule has 0 aliphatic carbocycles. The molecular weight excluding hydrogens is 266 g/mol. The molecule has 1 aromatic heterocycles. The van der Waals surface area contributed by atoms with Gasteiger partial charge in [0.1, 0.15) is 5.01 Å². The molecule has 2 N–H and O–H groups in total. The molecule has 0 spiro atoms. The summed E-state index contributed by atoms with van der Waals surface area (Å²) in [6.07, 6.45) is 0. The number of hydrogen-bond acceptors (Lipinski definition) is 7. The maximum absolute atomic E-state index is 5.59. The van der Waals surface area contributed by atoms with Crippen LogP contribution in [0.4, 0.5) is 5.13 Å². The van der Waals surface area contributed by atoms with Gasteiger partial charge in [-0.05, 0) is 19.1 Å². The van der Waals surface area contributed by atoms with Gasteiger partial charge < -0.3 is 19.9 Å². The lowest BCUT2D eigenvalue weighted by atomic mass is 10.2. The molecule has 1 aromatic carbocycles. The number of rotatable bonds is 5. The first-order chi connectivity index (χ1) is 9.19. The van der Waals surface area contributed by atoms with Gasteiger partial charge in [0, 0.05) is 5.56 Å². The predicted octanol–water partition coefficient (Wildman–Crippen LogP) is 2.20. The van der Waals surface area contributed by atoms with Gasteiger partial charge in [-0.2, -0.15) is 0 Å². The number of aromatic nitrogens is 2. The third-order valence-corrected chi connectivity index (χ3v) is 3.24. The molecule has 1 heterocycles. The standard InChI is InChI=1S/C12H15N3O3S/c1-4-18-10-8(16-2)5-7(6-9(10)17-3)11-14-15-12(13)19-11/h5-6H,4H2,1-3H3,(H2,13,15).